The monoisotopic (exact) mass is 461 g/mol. The van der Waals surface area contributed by atoms with Crippen LogP contribution in [0.4, 0.5) is 0 Å². The molecule has 0 radical (unpaired) electrons. The smallest absolute Gasteiger partial charge is 0.193 e. The number of aliphatic imine (C=N–C) groups is 1. The van der Waals surface area contributed by atoms with Gasteiger partial charge in [0.15, 0.2) is 5.96 Å². The van der Waals surface area contributed by atoms with E-state index in [4.69, 9.17) is 9.73 Å². The minimum Gasteiger partial charge on any atom is -0.497 e. The fourth-order valence-electron chi connectivity index (χ4n) is 2.97. The number of guanidine groups is 1. The van der Waals surface area contributed by atoms with Crippen LogP contribution >= 0.6 is 24.0 Å². The quantitative estimate of drug-likeness (QED) is 0.388. The lowest BCUT2D eigenvalue weighted by Gasteiger charge is -2.32. The predicted molar refractivity (Wildman–Crippen MR) is 114 cm³/mol. The second kappa shape index (κ2) is 11.6. The fraction of sp³-hybridized carbons (Fsp3) is 0.632. The summed E-state index contributed by atoms with van der Waals surface area (Å²) in [5, 5.41) is 13.0. The highest BCUT2D eigenvalue weighted by Crippen LogP contribution is 2.21. The van der Waals surface area contributed by atoms with E-state index < -0.39 is 0 Å². The Kier molecular flexibility index (Phi) is 10.2. The molecule has 0 amide bonds. The van der Waals surface area contributed by atoms with E-state index in [9.17, 15) is 5.11 Å². The molecule has 25 heavy (non-hydrogen) atoms. The zero-order chi connectivity index (χ0) is 17.4. The molecule has 1 unspecified atom stereocenters. The van der Waals surface area contributed by atoms with E-state index in [-0.39, 0.29) is 30.1 Å². The Bertz CT molecular complexity index is 514. The maximum Gasteiger partial charge on any atom is 0.193 e. The molecule has 1 aliphatic heterocycles. The van der Waals surface area contributed by atoms with Gasteiger partial charge in [0.1, 0.15) is 5.75 Å². The largest absolute Gasteiger partial charge is 0.497 e. The third-order valence-electron chi connectivity index (χ3n) is 4.61. The van der Waals surface area contributed by atoms with Crippen LogP contribution in [0, 0.1) is 0 Å². The average molecular weight is 461 g/mol. The molecule has 1 atom stereocenters. The second-order valence-corrected chi connectivity index (χ2v) is 6.42. The van der Waals surface area contributed by atoms with Crippen molar-refractivity contribution < 1.29 is 9.84 Å². The van der Waals surface area contributed by atoms with Crippen LogP contribution in [0.15, 0.2) is 29.3 Å². The van der Waals surface area contributed by atoms with E-state index in [1.807, 2.05) is 12.1 Å². The van der Waals surface area contributed by atoms with Crippen molar-refractivity contribution >= 4 is 29.9 Å². The Hall–Kier alpha value is -1.02. The standard InChI is InChI=1S/C19H31N3O2.HI/c1-4-20-19(22-13-10-17(23)11-14-22)21-12-9-15(2)16-5-7-18(24-3)8-6-16;/h5-8,15,17,23H,4,9-14H2,1-3H3,(H,20,21);1H. The molecule has 2 rings (SSSR count). The Balaban J connectivity index is 0.00000312. The van der Waals surface area contributed by atoms with Crippen LogP contribution in [0.2, 0.25) is 0 Å². The van der Waals surface area contributed by atoms with Gasteiger partial charge < -0.3 is 20.1 Å². The van der Waals surface area contributed by atoms with Crippen LogP contribution in [0.1, 0.15) is 44.6 Å². The number of halogens is 1. The Morgan fingerprint density at radius 3 is 2.52 bits per heavy atom. The molecule has 0 saturated carbocycles. The van der Waals surface area contributed by atoms with Crippen LogP contribution in [0.5, 0.6) is 5.75 Å². The second-order valence-electron chi connectivity index (χ2n) is 6.42. The van der Waals surface area contributed by atoms with Gasteiger partial charge in [-0.15, -0.1) is 24.0 Å². The van der Waals surface area contributed by atoms with Gasteiger partial charge in [-0.1, -0.05) is 19.1 Å². The van der Waals surface area contributed by atoms with Gasteiger partial charge in [0, 0.05) is 26.2 Å². The summed E-state index contributed by atoms with van der Waals surface area (Å²) in [5.41, 5.74) is 1.32. The number of hydrogen-bond donors (Lipinski definition) is 2. The van der Waals surface area contributed by atoms with Crippen molar-refractivity contribution in [2.24, 2.45) is 4.99 Å². The molecular formula is C19H32IN3O2. The van der Waals surface area contributed by atoms with Crippen molar-refractivity contribution in [3.8, 4) is 5.75 Å². The molecule has 5 nitrogen and oxygen atoms in total. The van der Waals surface area contributed by atoms with Crippen LogP contribution < -0.4 is 10.1 Å². The van der Waals surface area contributed by atoms with Crippen molar-refractivity contribution in [1.29, 1.82) is 0 Å². The first-order valence-corrected chi connectivity index (χ1v) is 8.99. The van der Waals surface area contributed by atoms with Gasteiger partial charge >= 0.3 is 0 Å². The van der Waals surface area contributed by atoms with Gasteiger partial charge in [0.05, 0.1) is 13.2 Å². The van der Waals surface area contributed by atoms with E-state index in [1.54, 1.807) is 7.11 Å². The summed E-state index contributed by atoms with van der Waals surface area (Å²) in [7, 11) is 1.69. The van der Waals surface area contributed by atoms with Crippen molar-refractivity contribution in [3.63, 3.8) is 0 Å². The van der Waals surface area contributed by atoms with Crippen LogP contribution in [0.25, 0.3) is 0 Å². The number of aliphatic hydroxyl groups excluding tert-OH is 1. The maximum absolute atomic E-state index is 9.66. The molecule has 1 heterocycles. The molecule has 0 bridgehead atoms. The Morgan fingerprint density at radius 2 is 1.96 bits per heavy atom. The highest BCUT2D eigenvalue weighted by molar-refractivity contribution is 14.0. The van der Waals surface area contributed by atoms with Gasteiger partial charge in [-0.3, -0.25) is 4.99 Å². The summed E-state index contributed by atoms with van der Waals surface area (Å²) in [6.07, 6.45) is 2.51. The summed E-state index contributed by atoms with van der Waals surface area (Å²) >= 11 is 0. The molecule has 0 spiro atoms. The third-order valence-corrected chi connectivity index (χ3v) is 4.61. The highest BCUT2D eigenvalue weighted by Gasteiger charge is 2.19. The lowest BCUT2D eigenvalue weighted by Crippen LogP contribution is -2.46. The summed E-state index contributed by atoms with van der Waals surface area (Å²) < 4.78 is 5.21. The zero-order valence-electron chi connectivity index (χ0n) is 15.6. The van der Waals surface area contributed by atoms with Crippen molar-refractivity contribution in [3.05, 3.63) is 29.8 Å². The lowest BCUT2D eigenvalue weighted by molar-refractivity contribution is 0.108. The van der Waals surface area contributed by atoms with E-state index in [0.29, 0.717) is 5.92 Å². The number of ether oxygens (including phenoxy) is 1. The van der Waals surface area contributed by atoms with Crippen LogP contribution in [0.3, 0.4) is 0 Å². The van der Waals surface area contributed by atoms with E-state index in [0.717, 1.165) is 57.2 Å². The summed E-state index contributed by atoms with van der Waals surface area (Å²) in [4.78, 5) is 7.04. The number of nitrogens with one attached hydrogen (secondary N) is 1. The number of likely N-dealkylation sites (tertiary alicyclic amines) is 1. The molecule has 1 aliphatic rings. The van der Waals surface area contributed by atoms with Crippen molar-refractivity contribution in [2.75, 3.05) is 33.3 Å². The molecular weight excluding hydrogens is 429 g/mol. The van der Waals surface area contributed by atoms with Crippen LogP contribution in [-0.4, -0.2) is 55.4 Å². The predicted octanol–water partition coefficient (Wildman–Crippen LogP) is 3.23. The number of aliphatic hydroxyl groups is 1. The fourth-order valence-corrected chi connectivity index (χ4v) is 2.97. The molecule has 1 aromatic rings. The molecule has 1 fully saturated rings. The molecule has 1 aromatic carbocycles. The van der Waals surface area contributed by atoms with Crippen molar-refractivity contribution in [1.82, 2.24) is 10.2 Å². The number of benzene rings is 1. The Labute approximate surface area is 168 Å². The number of rotatable bonds is 6. The minimum atomic E-state index is -0.153. The van der Waals surface area contributed by atoms with Gasteiger partial charge in [-0.25, -0.2) is 0 Å². The third kappa shape index (κ3) is 7.01. The highest BCUT2D eigenvalue weighted by atomic mass is 127. The number of piperidine rings is 1. The maximum atomic E-state index is 9.66. The average Bonchev–Trinajstić information content (AvgIpc) is 2.61. The summed E-state index contributed by atoms with van der Waals surface area (Å²) in [6, 6.07) is 8.28. The first kappa shape index (κ1) is 22.0. The first-order valence-electron chi connectivity index (χ1n) is 8.99. The topological polar surface area (TPSA) is 57.1 Å². The minimum absolute atomic E-state index is 0. The first-order chi connectivity index (χ1) is 11.6. The van der Waals surface area contributed by atoms with Gasteiger partial charge in [0.2, 0.25) is 0 Å². The van der Waals surface area contributed by atoms with Crippen molar-refractivity contribution in [2.45, 2.75) is 45.1 Å². The number of methoxy groups -OCH3 is 1. The van der Waals surface area contributed by atoms with Gasteiger partial charge in [0.25, 0.3) is 0 Å². The van der Waals surface area contributed by atoms with E-state index in [2.05, 4.69) is 36.2 Å². The van der Waals surface area contributed by atoms with Gasteiger partial charge in [-0.2, -0.15) is 0 Å². The molecule has 0 aliphatic carbocycles. The summed E-state index contributed by atoms with van der Waals surface area (Å²) in [5.74, 6) is 2.34. The number of nitrogens with zero attached hydrogens (tertiary/aromatic N) is 2. The van der Waals surface area contributed by atoms with E-state index in [1.165, 1.54) is 5.56 Å². The summed E-state index contributed by atoms with van der Waals surface area (Å²) in [6.45, 7) is 7.75. The normalized spacial score (nSPS) is 17.0. The lowest BCUT2D eigenvalue weighted by atomic mass is 9.98. The molecule has 142 valence electrons. The Morgan fingerprint density at radius 1 is 1.32 bits per heavy atom. The molecule has 2 N–H and O–H groups in total. The molecule has 6 heteroatoms. The molecule has 1 saturated heterocycles. The van der Waals surface area contributed by atoms with E-state index >= 15 is 0 Å². The zero-order valence-corrected chi connectivity index (χ0v) is 17.9. The van der Waals surface area contributed by atoms with Gasteiger partial charge in [-0.05, 0) is 49.8 Å². The molecule has 0 aromatic heterocycles. The van der Waals surface area contributed by atoms with Crippen LogP contribution in [-0.2, 0) is 0 Å². The number of hydrogen-bond acceptors (Lipinski definition) is 3. The SMILES string of the molecule is CCNC(=NCCC(C)c1ccc(OC)cc1)N1CCC(O)CC1.I.